The fourth-order valence-electron chi connectivity index (χ4n) is 0.843. The molecule has 1 rings (SSSR count). The van der Waals surface area contributed by atoms with Crippen LogP contribution in [0.4, 0.5) is 5.95 Å². The van der Waals surface area contributed by atoms with E-state index in [1.807, 2.05) is 26.0 Å². The molecule has 0 unspecified atom stereocenters. The first-order chi connectivity index (χ1) is 6.09. The second-order valence-corrected chi connectivity index (χ2v) is 3.14. The van der Waals surface area contributed by atoms with Gasteiger partial charge in [0.25, 0.3) is 0 Å². The molecular weight excluding hydrogens is 172 g/mol. The first-order valence-electron chi connectivity index (χ1n) is 4.01. The maximum Gasteiger partial charge on any atom is 0.440 e. The third kappa shape index (κ3) is 2.90. The van der Waals surface area contributed by atoms with Crippen LogP contribution < -0.4 is 10.7 Å². The molecule has 1 aromatic heterocycles. The molecule has 1 heterocycles. The molecule has 0 aromatic carbocycles. The summed E-state index contributed by atoms with van der Waals surface area (Å²) >= 11 is 0. The summed E-state index contributed by atoms with van der Waals surface area (Å²) in [5, 5.41) is 3.56. The van der Waals surface area contributed by atoms with Crippen molar-refractivity contribution in [2.45, 2.75) is 0 Å². The largest absolute Gasteiger partial charge is 0.440 e. The maximum atomic E-state index is 10.6. The number of H-pyrrole nitrogens is 1. The summed E-state index contributed by atoms with van der Waals surface area (Å²) in [6.07, 6.45) is 0. The summed E-state index contributed by atoms with van der Waals surface area (Å²) in [4.78, 5) is 17.0. The van der Waals surface area contributed by atoms with Crippen molar-refractivity contribution < 1.29 is 4.52 Å². The van der Waals surface area contributed by atoms with Crippen LogP contribution in [0.5, 0.6) is 0 Å². The zero-order valence-electron chi connectivity index (χ0n) is 8.07. The Bertz CT molecular complexity index is 303. The standard InChI is InChI=1S/C7H14N4O2/c1-10(2)4-5-11(3)6-8-7(12)13-9-6/h4-5H2,1-3H3,(H,8,9,12). The molecule has 0 atom stereocenters. The summed E-state index contributed by atoms with van der Waals surface area (Å²) in [5.74, 6) is -0.0569. The number of anilines is 1. The van der Waals surface area contributed by atoms with Crippen LogP contribution in [0.2, 0.25) is 0 Å². The Morgan fingerprint density at radius 2 is 2.08 bits per heavy atom. The molecule has 0 saturated heterocycles. The molecular formula is C7H14N4O2. The SMILES string of the molecule is CN(C)CCN(C)c1noc(=O)[nH]1. The molecule has 6 heteroatoms. The fourth-order valence-corrected chi connectivity index (χ4v) is 0.843. The molecule has 74 valence electrons. The van der Waals surface area contributed by atoms with Crippen LogP contribution in [0, 0.1) is 0 Å². The van der Waals surface area contributed by atoms with Crippen molar-refractivity contribution in [2.75, 3.05) is 39.1 Å². The van der Waals surface area contributed by atoms with Crippen molar-refractivity contribution in [3.8, 4) is 0 Å². The molecule has 0 aliphatic heterocycles. The number of rotatable bonds is 4. The molecule has 1 N–H and O–H groups in total. The number of hydrogen-bond donors (Lipinski definition) is 1. The monoisotopic (exact) mass is 186 g/mol. The van der Waals surface area contributed by atoms with Gasteiger partial charge in [-0.2, -0.15) is 0 Å². The van der Waals surface area contributed by atoms with E-state index in [2.05, 4.69) is 19.6 Å². The van der Waals surface area contributed by atoms with Crippen molar-refractivity contribution >= 4 is 5.95 Å². The van der Waals surface area contributed by atoms with Gasteiger partial charge in [-0.3, -0.25) is 9.51 Å². The Balaban J connectivity index is 2.48. The summed E-state index contributed by atoms with van der Waals surface area (Å²) in [6.45, 7) is 1.68. The molecule has 0 bridgehead atoms. The van der Waals surface area contributed by atoms with E-state index >= 15 is 0 Å². The molecule has 0 aliphatic rings. The Hall–Kier alpha value is -1.30. The van der Waals surface area contributed by atoms with Crippen molar-refractivity contribution in [3.63, 3.8) is 0 Å². The van der Waals surface area contributed by atoms with Gasteiger partial charge in [0.2, 0.25) is 5.95 Å². The minimum atomic E-state index is -0.522. The highest BCUT2D eigenvalue weighted by molar-refractivity contribution is 5.23. The summed E-state index contributed by atoms with van der Waals surface area (Å²) in [6, 6.07) is 0. The normalized spacial score (nSPS) is 10.8. The van der Waals surface area contributed by atoms with Gasteiger partial charge < -0.3 is 9.80 Å². The van der Waals surface area contributed by atoms with Crippen molar-refractivity contribution in [1.82, 2.24) is 15.0 Å². The molecule has 0 amide bonds. The van der Waals surface area contributed by atoms with Gasteiger partial charge in [0.15, 0.2) is 0 Å². The zero-order valence-corrected chi connectivity index (χ0v) is 8.07. The highest BCUT2D eigenvalue weighted by Crippen LogP contribution is 1.98. The second kappa shape index (κ2) is 4.08. The number of hydrogen-bond acceptors (Lipinski definition) is 5. The smallest absolute Gasteiger partial charge is 0.341 e. The third-order valence-electron chi connectivity index (χ3n) is 1.67. The van der Waals surface area contributed by atoms with E-state index in [1.54, 1.807) is 0 Å². The van der Waals surface area contributed by atoms with Crippen LogP contribution in [0.1, 0.15) is 0 Å². The molecule has 0 radical (unpaired) electrons. The first-order valence-corrected chi connectivity index (χ1v) is 4.01. The Kier molecular flexibility index (Phi) is 3.07. The predicted octanol–water partition coefficient (Wildman–Crippen LogP) is -0.639. The highest BCUT2D eigenvalue weighted by Gasteiger charge is 2.05. The van der Waals surface area contributed by atoms with E-state index in [0.29, 0.717) is 5.95 Å². The van der Waals surface area contributed by atoms with Crippen LogP contribution in [0.15, 0.2) is 9.32 Å². The van der Waals surface area contributed by atoms with Crippen molar-refractivity contribution in [2.24, 2.45) is 0 Å². The molecule has 6 nitrogen and oxygen atoms in total. The van der Waals surface area contributed by atoms with Crippen molar-refractivity contribution in [1.29, 1.82) is 0 Å². The molecule has 1 aromatic rings. The van der Waals surface area contributed by atoms with Gasteiger partial charge in [0, 0.05) is 20.1 Å². The van der Waals surface area contributed by atoms with E-state index in [-0.39, 0.29) is 0 Å². The lowest BCUT2D eigenvalue weighted by Gasteiger charge is -2.17. The van der Waals surface area contributed by atoms with Gasteiger partial charge in [0.05, 0.1) is 0 Å². The maximum absolute atomic E-state index is 10.6. The lowest BCUT2D eigenvalue weighted by atomic mass is 10.5. The quantitative estimate of drug-likeness (QED) is 0.677. The van der Waals surface area contributed by atoms with E-state index in [0.717, 1.165) is 13.1 Å². The van der Waals surface area contributed by atoms with Gasteiger partial charge in [0.1, 0.15) is 0 Å². The average Bonchev–Trinajstić information content (AvgIpc) is 2.47. The molecule has 0 saturated carbocycles. The van der Waals surface area contributed by atoms with Gasteiger partial charge in [-0.25, -0.2) is 4.79 Å². The van der Waals surface area contributed by atoms with Crippen molar-refractivity contribution in [3.05, 3.63) is 10.6 Å². The Morgan fingerprint density at radius 1 is 1.38 bits per heavy atom. The van der Waals surface area contributed by atoms with E-state index in [4.69, 9.17) is 0 Å². The van der Waals surface area contributed by atoms with Crippen LogP contribution in [-0.4, -0.2) is 49.3 Å². The predicted molar refractivity (Wildman–Crippen MR) is 48.9 cm³/mol. The molecule has 13 heavy (non-hydrogen) atoms. The number of aromatic amines is 1. The minimum Gasteiger partial charge on any atom is -0.341 e. The van der Waals surface area contributed by atoms with Crippen LogP contribution in [0.3, 0.4) is 0 Å². The average molecular weight is 186 g/mol. The topological polar surface area (TPSA) is 65.4 Å². The number of aromatic nitrogens is 2. The first kappa shape index (κ1) is 9.79. The lowest BCUT2D eigenvalue weighted by molar-refractivity contribution is 0.384. The number of nitrogens with zero attached hydrogens (tertiary/aromatic N) is 3. The summed E-state index contributed by atoms with van der Waals surface area (Å²) in [5.41, 5.74) is 0. The van der Waals surface area contributed by atoms with E-state index in [1.165, 1.54) is 0 Å². The molecule has 0 aliphatic carbocycles. The zero-order chi connectivity index (χ0) is 9.84. The highest BCUT2D eigenvalue weighted by atomic mass is 16.5. The van der Waals surface area contributed by atoms with Gasteiger partial charge in [-0.05, 0) is 19.3 Å². The molecule has 0 spiro atoms. The minimum absolute atomic E-state index is 0.465. The van der Waals surface area contributed by atoms with Gasteiger partial charge in [-0.15, -0.1) is 0 Å². The number of likely N-dealkylation sites (N-methyl/N-ethyl adjacent to an activating group) is 2. The van der Waals surface area contributed by atoms with Gasteiger partial charge in [-0.1, -0.05) is 0 Å². The summed E-state index contributed by atoms with van der Waals surface area (Å²) in [7, 11) is 5.82. The van der Waals surface area contributed by atoms with Crippen LogP contribution in [-0.2, 0) is 0 Å². The lowest BCUT2D eigenvalue weighted by Crippen LogP contribution is -2.29. The van der Waals surface area contributed by atoms with Crippen LogP contribution in [0.25, 0.3) is 0 Å². The van der Waals surface area contributed by atoms with Crippen LogP contribution >= 0.6 is 0 Å². The third-order valence-corrected chi connectivity index (χ3v) is 1.67. The number of nitrogens with one attached hydrogen (secondary N) is 1. The van der Waals surface area contributed by atoms with E-state index in [9.17, 15) is 4.79 Å². The Labute approximate surface area is 76.1 Å². The Morgan fingerprint density at radius 3 is 2.54 bits per heavy atom. The summed E-state index contributed by atoms with van der Waals surface area (Å²) < 4.78 is 4.38. The van der Waals surface area contributed by atoms with Gasteiger partial charge >= 0.3 is 5.76 Å². The molecule has 0 fully saturated rings. The fraction of sp³-hybridized carbons (Fsp3) is 0.714. The van der Waals surface area contributed by atoms with E-state index < -0.39 is 5.76 Å². The second-order valence-electron chi connectivity index (χ2n) is 3.14.